The lowest BCUT2D eigenvalue weighted by atomic mass is 9.73. The number of anilines is 1. The van der Waals surface area contributed by atoms with E-state index in [1.165, 1.54) is 16.0 Å². The summed E-state index contributed by atoms with van der Waals surface area (Å²) in [6.07, 6.45) is 2.45. The molecule has 0 bridgehead atoms. The van der Waals surface area contributed by atoms with Crippen molar-refractivity contribution >= 4 is 17.5 Å². The van der Waals surface area contributed by atoms with E-state index >= 15 is 0 Å². The summed E-state index contributed by atoms with van der Waals surface area (Å²) in [6, 6.07) is 25.4. The lowest BCUT2D eigenvalue weighted by molar-refractivity contribution is -0.122. The second-order valence-corrected chi connectivity index (χ2v) is 8.55. The highest BCUT2D eigenvalue weighted by Gasteiger charge is 2.50. The van der Waals surface area contributed by atoms with Crippen LogP contribution in [0, 0.1) is 18.8 Å². The summed E-state index contributed by atoms with van der Waals surface area (Å²) in [4.78, 5) is 27.7. The predicted molar refractivity (Wildman–Crippen MR) is 120 cm³/mol. The maximum atomic E-state index is 13.2. The molecule has 2 fully saturated rings. The molecule has 156 valence electrons. The molecule has 3 aromatic carbocycles. The molecular weight excluding hydrogens is 386 g/mol. The number of carbonyl (C=O) groups excluding carboxylic acids is 2. The van der Waals surface area contributed by atoms with Crippen LogP contribution in [0.3, 0.4) is 0 Å². The molecule has 0 spiro atoms. The molecule has 0 N–H and O–H groups in total. The van der Waals surface area contributed by atoms with Crippen molar-refractivity contribution in [2.24, 2.45) is 11.8 Å². The largest absolute Gasteiger partial charge is 0.457 e. The summed E-state index contributed by atoms with van der Waals surface area (Å²) in [5.74, 6) is 1.21. The van der Waals surface area contributed by atoms with Gasteiger partial charge in [0, 0.05) is 0 Å². The van der Waals surface area contributed by atoms with Gasteiger partial charge in [-0.25, -0.2) is 0 Å². The standard InChI is InChI=1S/C27H25NO3/c1-18-7-12-22(13-8-18)31-23-14-10-21(11-15-23)28-26(29)24-16-9-20(17-25(24)27(28)30)19-5-3-2-4-6-19/h2-8,10-15,20,24-25H,9,16-17H2,1H3. The van der Waals surface area contributed by atoms with Crippen LogP contribution < -0.4 is 9.64 Å². The molecule has 0 radical (unpaired) electrons. The van der Waals surface area contributed by atoms with Crippen molar-refractivity contribution in [1.82, 2.24) is 0 Å². The molecule has 1 saturated carbocycles. The number of benzene rings is 3. The number of carbonyl (C=O) groups is 2. The van der Waals surface area contributed by atoms with Gasteiger partial charge in [0.25, 0.3) is 0 Å². The van der Waals surface area contributed by atoms with E-state index < -0.39 is 0 Å². The van der Waals surface area contributed by atoms with Crippen molar-refractivity contribution in [3.05, 3.63) is 90.0 Å². The van der Waals surface area contributed by atoms with Gasteiger partial charge in [-0.1, -0.05) is 48.0 Å². The van der Waals surface area contributed by atoms with Gasteiger partial charge in [-0.2, -0.15) is 0 Å². The van der Waals surface area contributed by atoms with Crippen LogP contribution in [-0.2, 0) is 9.59 Å². The number of hydrogen-bond donors (Lipinski definition) is 0. The first-order valence-corrected chi connectivity index (χ1v) is 10.9. The third-order valence-corrected chi connectivity index (χ3v) is 6.55. The fraction of sp³-hybridized carbons (Fsp3) is 0.259. The van der Waals surface area contributed by atoms with Crippen LogP contribution in [0.1, 0.15) is 36.3 Å². The van der Waals surface area contributed by atoms with Gasteiger partial charge in [-0.3, -0.25) is 14.5 Å². The Bertz CT molecular complexity index is 1090. The normalized spacial score (nSPS) is 23.0. The minimum atomic E-state index is -0.227. The molecule has 4 heteroatoms. The summed E-state index contributed by atoms with van der Waals surface area (Å²) < 4.78 is 5.87. The maximum Gasteiger partial charge on any atom is 0.237 e. The van der Waals surface area contributed by atoms with Gasteiger partial charge in [0.2, 0.25) is 11.8 Å². The van der Waals surface area contributed by atoms with E-state index in [2.05, 4.69) is 12.1 Å². The highest BCUT2D eigenvalue weighted by atomic mass is 16.5. The molecule has 4 nitrogen and oxygen atoms in total. The molecule has 1 heterocycles. The van der Waals surface area contributed by atoms with Crippen LogP contribution >= 0.6 is 0 Å². The van der Waals surface area contributed by atoms with Crippen molar-refractivity contribution in [3.63, 3.8) is 0 Å². The summed E-state index contributed by atoms with van der Waals surface area (Å²) >= 11 is 0. The van der Waals surface area contributed by atoms with Gasteiger partial charge >= 0.3 is 0 Å². The van der Waals surface area contributed by atoms with Crippen molar-refractivity contribution in [2.75, 3.05) is 4.90 Å². The van der Waals surface area contributed by atoms with Gasteiger partial charge in [-0.05, 0) is 74.1 Å². The van der Waals surface area contributed by atoms with Gasteiger partial charge in [0.05, 0.1) is 17.5 Å². The minimum absolute atomic E-state index is 0.0614. The molecule has 31 heavy (non-hydrogen) atoms. The monoisotopic (exact) mass is 411 g/mol. The van der Waals surface area contributed by atoms with E-state index in [-0.39, 0.29) is 23.7 Å². The average molecular weight is 412 g/mol. The van der Waals surface area contributed by atoms with Crippen LogP contribution in [0.4, 0.5) is 5.69 Å². The van der Waals surface area contributed by atoms with Crippen LogP contribution in [0.2, 0.25) is 0 Å². The fourth-order valence-corrected chi connectivity index (χ4v) is 4.87. The van der Waals surface area contributed by atoms with Crippen molar-refractivity contribution < 1.29 is 14.3 Å². The van der Waals surface area contributed by atoms with Crippen molar-refractivity contribution in [3.8, 4) is 11.5 Å². The minimum Gasteiger partial charge on any atom is -0.457 e. The number of rotatable bonds is 4. The summed E-state index contributed by atoms with van der Waals surface area (Å²) in [5, 5.41) is 0. The molecule has 1 aliphatic carbocycles. The molecule has 3 atom stereocenters. The van der Waals surface area contributed by atoms with Crippen molar-refractivity contribution in [1.29, 1.82) is 0 Å². The molecule has 3 unspecified atom stereocenters. The molecule has 2 amide bonds. The summed E-state index contributed by atoms with van der Waals surface area (Å²) in [6.45, 7) is 2.03. The Morgan fingerprint density at radius 3 is 2.03 bits per heavy atom. The Hall–Kier alpha value is -3.40. The van der Waals surface area contributed by atoms with Gasteiger partial charge in [-0.15, -0.1) is 0 Å². The molecular formula is C27H25NO3. The lowest BCUT2D eigenvalue weighted by Gasteiger charge is -2.28. The van der Waals surface area contributed by atoms with E-state index in [4.69, 9.17) is 4.74 Å². The number of aryl methyl sites for hydroxylation is 1. The highest BCUT2D eigenvalue weighted by molar-refractivity contribution is 6.22. The second kappa shape index (κ2) is 8.03. The van der Waals surface area contributed by atoms with Crippen LogP contribution in [-0.4, -0.2) is 11.8 Å². The quantitative estimate of drug-likeness (QED) is 0.505. The van der Waals surface area contributed by atoms with Crippen LogP contribution in [0.5, 0.6) is 11.5 Å². The summed E-state index contributed by atoms with van der Waals surface area (Å²) in [7, 11) is 0. The number of imide groups is 1. The maximum absolute atomic E-state index is 13.2. The molecule has 0 aromatic heterocycles. The Morgan fingerprint density at radius 1 is 0.742 bits per heavy atom. The Kier molecular flexibility index (Phi) is 5.06. The third kappa shape index (κ3) is 3.74. The molecule has 5 rings (SSSR count). The number of ether oxygens (including phenoxy) is 1. The number of nitrogens with zero attached hydrogens (tertiary/aromatic N) is 1. The van der Waals surface area contributed by atoms with E-state index in [9.17, 15) is 9.59 Å². The Morgan fingerprint density at radius 2 is 1.35 bits per heavy atom. The first-order valence-electron chi connectivity index (χ1n) is 10.9. The smallest absolute Gasteiger partial charge is 0.237 e. The SMILES string of the molecule is Cc1ccc(Oc2ccc(N3C(=O)C4CCC(c5ccccc5)CC4C3=O)cc2)cc1. The lowest BCUT2D eigenvalue weighted by Crippen LogP contribution is -2.30. The zero-order valence-electron chi connectivity index (χ0n) is 17.5. The molecule has 1 saturated heterocycles. The number of fused-ring (bicyclic) bond motifs is 1. The van der Waals surface area contributed by atoms with Crippen molar-refractivity contribution in [2.45, 2.75) is 32.1 Å². The molecule has 1 aliphatic heterocycles. The zero-order chi connectivity index (χ0) is 21.4. The number of hydrogen-bond acceptors (Lipinski definition) is 3. The predicted octanol–water partition coefficient (Wildman–Crippen LogP) is 5.86. The average Bonchev–Trinajstić information content (AvgIpc) is 3.06. The molecule has 2 aliphatic rings. The third-order valence-electron chi connectivity index (χ3n) is 6.55. The second-order valence-electron chi connectivity index (χ2n) is 8.55. The topological polar surface area (TPSA) is 46.6 Å². The Labute approximate surface area is 182 Å². The fourth-order valence-electron chi connectivity index (χ4n) is 4.87. The van der Waals surface area contributed by atoms with E-state index in [1.54, 1.807) is 12.1 Å². The van der Waals surface area contributed by atoms with E-state index in [0.717, 1.165) is 25.0 Å². The first-order chi connectivity index (χ1) is 15.1. The van der Waals surface area contributed by atoms with Gasteiger partial charge in [0.1, 0.15) is 11.5 Å². The number of amides is 2. The van der Waals surface area contributed by atoms with Crippen LogP contribution in [0.15, 0.2) is 78.9 Å². The molecule has 3 aromatic rings. The first kappa shape index (κ1) is 19.6. The van der Waals surface area contributed by atoms with Gasteiger partial charge in [0.15, 0.2) is 0 Å². The summed E-state index contributed by atoms with van der Waals surface area (Å²) in [5.41, 5.74) is 3.05. The van der Waals surface area contributed by atoms with Gasteiger partial charge < -0.3 is 4.74 Å². The van der Waals surface area contributed by atoms with E-state index in [1.807, 2.05) is 61.5 Å². The highest BCUT2D eigenvalue weighted by Crippen LogP contribution is 2.45. The zero-order valence-corrected chi connectivity index (χ0v) is 17.5. The Balaban J connectivity index is 1.32. The van der Waals surface area contributed by atoms with E-state index in [0.29, 0.717) is 17.4 Å². The van der Waals surface area contributed by atoms with Crippen LogP contribution in [0.25, 0.3) is 0 Å².